The number of carbonyl (C=O) groups is 1. The summed E-state index contributed by atoms with van der Waals surface area (Å²) in [5.41, 5.74) is 2.10. The molecule has 15 heavy (non-hydrogen) atoms. The van der Waals surface area contributed by atoms with Gasteiger partial charge >= 0.3 is 0 Å². The molecule has 1 heterocycles. The van der Waals surface area contributed by atoms with E-state index in [1.54, 1.807) is 4.68 Å². The summed E-state index contributed by atoms with van der Waals surface area (Å²) >= 11 is 5.46. The average Bonchev–Trinajstić information content (AvgIpc) is 2.56. The predicted octanol–water partition coefficient (Wildman–Crippen LogP) is 1.23. The van der Waals surface area contributed by atoms with E-state index in [1.165, 1.54) is 0 Å². The SMILES string of the molecule is CCc1nn(C)cc1CNC(=O)CCCl. The first-order valence-corrected chi connectivity index (χ1v) is 5.54. The second-order valence-electron chi connectivity index (χ2n) is 3.34. The van der Waals surface area contributed by atoms with Crippen LogP contribution in [0.4, 0.5) is 0 Å². The lowest BCUT2D eigenvalue weighted by molar-refractivity contribution is -0.120. The maximum absolute atomic E-state index is 11.2. The van der Waals surface area contributed by atoms with Gasteiger partial charge in [-0.3, -0.25) is 9.48 Å². The van der Waals surface area contributed by atoms with Crippen molar-refractivity contribution in [2.24, 2.45) is 7.05 Å². The van der Waals surface area contributed by atoms with Gasteiger partial charge in [0.25, 0.3) is 0 Å². The van der Waals surface area contributed by atoms with E-state index in [2.05, 4.69) is 10.4 Å². The van der Waals surface area contributed by atoms with Crippen molar-refractivity contribution in [2.45, 2.75) is 26.3 Å². The van der Waals surface area contributed by atoms with E-state index < -0.39 is 0 Å². The van der Waals surface area contributed by atoms with Crippen LogP contribution in [0.15, 0.2) is 6.20 Å². The molecule has 0 fully saturated rings. The molecule has 1 N–H and O–H groups in total. The van der Waals surface area contributed by atoms with Crippen molar-refractivity contribution in [3.63, 3.8) is 0 Å². The Bertz CT molecular complexity index is 335. The van der Waals surface area contributed by atoms with Crippen LogP contribution in [0.5, 0.6) is 0 Å². The van der Waals surface area contributed by atoms with Crippen molar-refractivity contribution in [2.75, 3.05) is 5.88 Å². The Labute approximate surface area is 94.6 Å². The van der Waals surface area contributed by atoms with Crippen molar-refractivity contribution in [1.82, 2.24) is 15.1 Å². The molecule has 0 radical (unpaired) electrons. The van der Waals surface area contributed by atoms with Gasteiger partial charge in [0.05, 0.1) is 5.69 Å². The highest BCUT2D eigenvalue weighted by Crippen LogP contribution is 2.06. The summed E-state index contributed by atoms with van der Waals surface area (Å²) in [6, 6.07) is 0. The van der Waals surface area contributed by atoms with Crippen LogP contribution in [0, 0.1) is 0 Å². The van der Waals surface area contributed by atoms with Crippen molar-refractivity contribution in [3.8, 4) is 0 Å². The Morgan fingerprint density at radius 1 is 1.67 bits per heavy atom. The summed E-state index contributed by atoms with van der Waals surface area (Å²) < 4.78 is 1.77. The molecule has 0 unspecified atom stereocenters. The number of hydrogen-bond acceptors (Lipinski definition) is 2. The lowest BCUT2D eigenvalue weighted by Crippen LogP contribution is -2.23. The minimum Gasteiger partial charge on any atom is -0.352 e. The van der Waals surface area contributed by atoms with Crippen LogP contribution in [0.3, 0.4) is 0 Å². The third-order valence-corrected chi connectivity index (χ3v) is 2.31. The molecule has 5 heteroatoms. The fourth-order valence-corrected chi connectivity index (χ4v) is 1.57. The molecule has 0 saturated heterocycles. The van der Waals surface area contributed by atoms with E-state index in [0.29, 0.717) is 18.8 Å². The Morgan fingerprint density at radius 3 is 3.00 bits per heavy atom. The lowest BCUT2D eigenvalue weighted by Gasteiger charge is -2.02. The maximum atomic E-state index is 11.2. The molecule has 1 aromatic heterocycles. The first-order valence-electron chi connectivity index (χ1n) is 5.01. The van der Waals surface area contributed by atoms with Crippen LogP contribution >= 0.6 is 11.6 Å². The topological polar surface area (TPSA) is 46.9 Å². The zero-order valence-corrected chi connectivity index (χ0v) is 9.84. The predicted molar refractivity (Wildman–Crippen MR) is 59.8 cm³/mol. The number of halogens is 1. The quantitative estimate of drug-likeness (QED) is 0.772. The first kappa shape index (κ1) is 12.0. The van der Waals surface area contributed by atoms with Crippen molar-refractivity contribution in [3.05, 3.63) is 17.5 Å². The first-order chi connectivity index (χ1) is 7.17. The average molecular weight is 230 g/mol. The second kappa shape index (κ2) is 5.75. The Kier molecular flexibility index (Phi) is 4.62. The van der Waals surface area contributed by atoms with Crippen LogP contribution in [0.25, 0.3) is 0 Å². The number of rotatable bonds is 5. The summed E-state index contributed by atoms with van der Waals surface area (Å²) in [4.78, 5) is 11.2. The highest BCUT2D eigenvalue weighted by molar-refractivity contribution is 6.18. The Balaban J connectivity index is 2.52. The van der Waals surface area contributed by atoms with Gasteiger partial charge in [-0.15, -0.1) is 11.6 Å². The highest BCUT2D eigenvalue weighted by Gasteiger charge is 2.06. The molecule has 84 valence electrons. The second-order valence-corrected chi connectivity index (χ2v) is 3.72. The molecule has 0 atom stereocenters. The molecule has 1 rings (SSSR count). The summed E-state index contributed by atoms with van der Waals surface area (Å²) in [7, 11) is 1.88. The maximum Gasteiger partial charge on any atom is 0.221 e. The molecule has 0 spiro atoms. The molecule has 1 amide bonds. The minimum atomic E-state index is -0.0177. The van der Waals surface area contributed by atoms with Crippen LogP contribution < -0.4 is 5.32 Å². The van der Waals surface area contributed by atoms with Gasteiger partial charge in [-0.2, -0.15) is 5.10 Å². The van der Waals surface area contributed by atoms with Gasteiger partial charge in [-0.25, -0.2) is 0 Å². The van der Waals surface area contributed by atoms with Gasteiger partial charge in [0.2, 0.25) is 5.91 Å². The molecule has 0 saturated carbocycles. The molecule has 0 bridgehead atoms. The summed E-state index contributed by atoms with van der Waals surface area (Å²) in [5.74, 6) is 0.343. The fraction of sp³-hybridized carbons (Fsp3) is 0.600. The molecule has 4 nitrogen and oxygen atoms in total. The third-order valence-electron chi connectivity index (χ3n) is 2.12. The Morgan fingerprint density at radius 2 is 2.40 bits per heavy atom. The molecule has 0 aliphatic heterocycles. The summed E-state index contributed by atoms with van der Waals surface area (Å²) in [5, 5.41) is 7.10. The third kappa shape index (κ3) is 3.55. The van der Waals surface area contributed by atoms with Crippen molar-refractivity contribution in [1.29, 1.82) is 0 Å². The van der Waals surface area contributed by atoms with E-state index >= 15 is 0 Å². The number of nitrogens with one attached hydrogen (secondary N) is 1. The largest absolute Gasteiger partial charge is 0.352 e. The van der Waals surface area contributed by atoms with E-state index in [-0.39, 0.29) is 5.91 Å². The standard InChI is InChI=1S/C10H16ClN3O/c1-3-9-8(7-14(2)13-9)6-12-10(15)4-5-11/h7H,3-6H2,1-2H3,(H,12,15). The van der Waals surface area contributed by atoms with Crippen LogP contribution in [-0.2, 0) is 24.8 Å². The molecule has 0 aliphatic rings. The minimum absolute atomic E-state index is 0.0177. The van der Waals surface area contributed by atoms with Crippen LogP contribution in [-0.4, -0.2) is 21.6 Å². The van der Waals surface area contributed by atoms with E-state index in [0.717, 1.165) is 17.7 Å². The molecule has 1 aromatic rings. The Hall–Kier alpha value is -1.03. The summed E-state index contributed by atoms with van der Waals surface area (Å²) in [6.07, 6.45) is 3.17. The number of carbonyl (C=O) groups excluding carboxylic acids is 1. The van der Waals surface area contributed by atoms with Crippen molar-refractivity contribution < 1.29 is 4.79 Å². The number of aromatic nitrogens is 2. The van der Waals surface area contributed by atoms with E-state index in [9.17, 15) is 4.79 Å². The molecule has 0 aromatic carbocycles. The van der Waals surface area contributed by atoms with Gasteiger partial charge in [0, 0.05) is 37.7 Å². The van der Waals surface area contributed by atoms with Crippen LogP contribution in [0.2, 0.25) is 0 Å². The summed E-state index contributed by atoms with van der Waals surface area (Å²) in [6.45, 7) is 2.58. The molecular formula is C10H16ClN3O. The monoisotopic (exact) mass is 229 g/mol. The van der Waals surface area contributed by atoms with Gasteiger partial charge < -0.3 is 5.32 Å². The smallest absolute Gasteiger partial charge is 0.221 e. The highest BCUT2D eigenvalue weighted by atomic mass is 35.5. The van der Waals surface area contributed by atoms with E-state index in [1.807, 2.05) is 20.2 Å². The van der Waals surface area contributed by atoms with Gasteiger partial charge in [0.15, 0.2) is 0 Å². The number of amides is 1. The number of aryl methyl sites for hydroxylation is 2. The lowest BCUT2D eigenvalue weighted by atomic mass is 10.2. The molecule has 0 aliphatic carbocycles. The molecular weight excluding hydrogens is 214 g/mol. The zero-order valence-electron chi connectivity index (χ0n) is 9.09. The number of alkyl halides is 1. The van der Waals surface area contributed by atoms with E-state index in [4.69, 9.17) is 11.6 Å². The normalized spacial score (nSPS) is 10.3. The van der Waals surface area contributed by atoms with Gasteiger partial charge in [0.1, 0.15) is 0 Å². The number of hydrogen-bond donors (Lipinski definition) is 1. The number of nitrogens with zero attached hydrogens (tertiary/aromatic N) is 2. The zero-order chi connectivity index (χ0) is 11.3. The van der Waals surface area contributed by atoms with Gasteiger partial charge in [-0.05, 0) is 6.42 Å². The van der Waals surface area contributed by atoms with Gasteiger partial charge in [-0.1, -0.05) is 6.92 Å². The van der Waals surface area contributed by atoms with Crippen LogP contribution in [0.1, 0.15) is 24.6 Å². The fourth-order valence-electron chi connectivity index (χ4n) is 1.40. The van der Waals surface area contributed by atoms with Crippen molar-refractivity contribution >= 4 is 17.5 Å².